The van der Waals surface area contributed by atoms with Gasteiger partial charge >= 0.3 is 0 Å². The van der Waals surface area contributed by atoms with Crippen LogP contribution >= 0.6 is 0 Å². The maximum absolute atomic E-state index is 11.5. The summed E-state index contributed by atoms with van der Waals surface area (Å²) in [5.74, 6) is 0. The molecule has 0 aromatic rings. The zero-order valence-electron chi connectivity index (χ0n) is 46.3. The third kappa shape index (κ3) is 13.8. The number of nitrogens with two attached hydrogens (primary N) is 2. The Labute approximate surface area is 497 Å². The molecular weight excluding hydrogens is 1210 g/mol. The van der Waals surface area contributed by atoms with Gasteiger partial charge in [-0.3, -0.25) is 0 Å². The summed E-state index contributed by atoms with van der Waals surface area (Å²) >= 11 is 0. The molecule has 40 nitrogen and oxygen atoms in total. The number of ether oxygens (including phenoxy) is 16. The third-order valence-corrected chi connectivity index (χ3v) is 17.0. The summed E-state index contributed by atoms with van der Waals surface area (Å²) in [6.07, 6.45) is -79.8. The van der Waals surface area contributed by atoms with Crippen molar-refractivity contribution in [3.8, 4) is 0 Å². The van der Waals surface area contributed by atoms with Gasteiger partial charge in [-0.1, -0.05) is 0 Å². The van der Waals surface area contributed by atoms with Gasteiger partial charge < -0.3 is 200 Å². The molecule has 0 aliphatic carbocycles. The molecule has 0 aromatic carbocycles. The van der Waals surface area contributed by atoms with Crippen LogP contribution in [-0.2, 0) is 75.8 Å². The Kier molecular flexibility index (Phi) is 24.1. The Balaban J connectivity index is 0.975. The normalized spacial score (nSPS) is 55.4. The lowest BCUT2D eigenvalue weighted by molar-refractivity contribution is -0.402. The lowest BCUT2D eigenvalue weighted by Gasteiger charge is -2.50. The Morgan fingerprint density at radius 2 is 0.284 bits per heavy atom. The average molecular weight is 1300 g/mol. The molecule has 0 unspecified atom stereocenters. The van der Waals surface area contributed by atoms with Gasteiger partial charge in [0.25, 0.3) is 0 Å². The summed E-state index contributed by atoms with van der Waals surface area (Å²) in [7, 11) is 0. The quantitative estimate of drug-likeness (QED) is 0.107. The molecule has 30 fully saturated rings. The predicted molar refractivity (Wildman–Crippen MR) is 265 cm³/mol. The Bertz CT molecular complexity index is 1720. The van der Waals surface area contributed by atoms with Crippen molar-refractivity contribution in [2.75, 3.05) is 52.7 Å². The van der Waals surface area contributed by atoms with E-state index in [4.69, 9.17) is 87.3 Å². The first-order chi connectivity index (χ1) is 41.9. The zero-order chi connectivity index (χ0) is 64.1. The van der Waals surface area contributed by atoms with E-state index in [-0.39, 0.29) is 0 Å². The first-order valence-corrected chi connectivity index (χ1v) is 28.3. The second-order valence-electron chi connectivity index (χ2n) is 22.6. The fourth-order valence-electron chi connectivity index (χ4n) is 12.0. The first kappa shape index (κ1) is 70.7. The summed E-state index contributed by atoms with van der Waals surface area (Å²) in [6, 6.07) is 0. The summed E-state index contributed by atoms with van der Waals surface area (Å²) in [5, 5.41) is 245. The highest BCUT2D eigenvalue weighted by atomic mass is 16.8. The highest BCUT2D eigenvalue weighted by molar-refractivity contribution is 5.02. The van der Waals surface area contributed by atoms with Crippen molar-refractivity contribution in [2.45, 2.75) is 246 Å². The molecule has 0 amide bonds. The van der Waals surface area contributed by atoms with Crippen LogP contribution in [0.3, 0.4) is 0 Å². The van der Waals surface area contributed by atoms with Gasteiger partial charge in [-0.15, -0.1) is 0 Å². The van der Waals surface area contributed by atoms with E-state index in [1.807, 2.05) is 0 Å². The number of hydrogen-bond acceptors (Lipinski definition) is 40. The van der Waals surface area contributed by atoms with Crippen molar-refractivity contribution in [3.05, 3.63) is 0 Å². The SMILES string of the molecule is NC[C@H]1O[C@@H]2O[C@H]3[C@H](O)[C@@H](O)[C@@H](O[C@H]4[C@H](O)[C@@H](O)[C@@H](O[C@H]5[C@H](O)[C@@H](O)[C@@H](O[C@H]6[C@H](O)[C@@H](O)[C@@H](O[C@H]7[C@H](O)[C@@H](O)[C@@H](O[C@H]8[C@H](O)[C@@H](O)[C@@H](O[C@H]9[C@H](O)[C@@H](O)[C@@H](O[C@H]1[C@H](O)[C@H]2O)O[C@@H]9CO)O[C@@H]8CO)O[C@@H]7CO)O[C@@H]6CN)O[C@@H]5CO)O[C@@H]4CO)O[C@@H]3CO. The number of aliphatic hydroxyl groups excluding tert-OH is 22. The minimum atomic E-state index is -2.22. The van der Waals surface area contributed by atoms with Crippen LogP contribution in [0, 0.1) is 0 Å². The van der Waals surface area contributed by atoms with E-state index >= 15 is 0 Å². The van der Waals surface area contributed by atoms with Crippen LogP contribution in [0.15, 0.2) is 0 Å². The van der Waals surface area contributed by atoms with E-state index in [1.165, 1.54) is 0 Å². The molecule has 30 saturated heterocycles. The highest BCUT2D eigenvalue weighted by Crippen LogP contribution is 2.39. The Morgan fingerprint density at radius 3 is 0.398 bits per heavy atom. The predicted octanol–water partition coefficient (Wildman–Crippen LogP) is -17.5. The molecule has 30 heterocycles. The van der Waals surface area contributed by atoms with Crippen LogP contribution in [-0.4, -0.2) is 411 Å². The summed E-state index contributed by atoms with van der Waals surface area (Å²) in [6.45, 7) is -7.47. The molecule has 40 heteroatoms. The van der Waals surface area contributed by atoms with Crippen molar-refractivity contribution < 1.29 is 188 Å². The maximum Gasteiger partial charge on any atom is 0.187 e. The van der Waals surface area contributed by atoms with Gasteiger partial charge in [0.15, 0.2) is 50.3 Å². The van der Waals surface area contributed by atoms with Crippen molar-refractivity contribution in [3.63, 3.8) is 0 Å². The van der Waals surface area contributed by atoms with Gasteiger partial charge in [0.1, 0.15) is 195 Å². The molecule has 0 aromatic heterocycles. The number of hydrogen-bond donors (Lipinski definition) is 24. The molecule has 30 aliphatic rings. The highest BCUT2D eigenvalue weighted by Gasteiger charge is 2.60. The Hall–Kier alpha value is -1.60. The topological polar surface area (TPSA) is 645 Å². The van der Waals surface area contributed by atoms with Crippen molar-refractivity contribution in [2.24, 2.45) is 11.5 Å². The van der Waals surface area contributed by atoms with Gasteiger partial charge in [0, 0.05) is 13.1 Å². The van der Waals surface area contributed by atoms with Crippen molar-refractivity contribution >= 4 is 0 Å². The molecule has 16 bridgehead atoms. The van der Waals surface area contributed by atoms with E-state index in [0.717, 1.165) is 0 Å². The second-order valence-corrected chi connectivity index (χ2v) is 22.6. The standard InChI is InChI=1S/C48H82N2O38/c49-1-9-33-17(57)25(65)41(73-9)83-35-11(3-51)77-45(29(69)21(35)61)87-39-15(7-55)80-48(32(72)24(39)64)86-38-14(6-54)76-44(28(68)20(38)60)82-34-10(2-50)74-42(26(66)18(34)58)84-36-12(4-52)78-46(30(70)22(36)62)88-40-16(8-56)79-47(31(71)23(40)63)85-37-13(5-53)75-43(81-33)27(67)19(37)59/h9-48,51-72H,1-8,49-50H2/t9-,10-,11-,12-,13-,14-,15-,16-,17-,18-,19-,20-,21-,22-,23-,24-,25-,26-,27-,28-,29-,30-,31-,32-,33-,34-,35-,36-,37-,38-,39-,40-,41-,42-,43-,44-,45-,46-,47-,48-/m1/s1. The summed E-state index contributed by atoms with van der Waals surface area (Å²) < 4.78 is 91.9. The lowest BCUT2D eigenvalue weighted by Crippen LogP contribution is -2.69. The third-order valence-electron chi connectivity index (χ3n) is 17.0. The molecule has 30 rings (SSSR count). The van der Waals surface area contributed by atoms with Crippen LogP contribution < -0.4 is 11.5 Å². The van der Waals surface area contributed by atoms with Crippen LogP contribution in [0.25, 0.3) is 0 Å². The largest absolute Gasteiger partial charge is 0.394 e. The van der Waals surface area contributed by atoms with Gasteiger partial charge in [0.2, 0.25) is 0 Å². The Morgan fingerprint density at radius 1 is 0.170 bits per heavy atom. The van der Waals surface area contributed by atoms with E-state index in [2.05, 4.69) is 0 Å². The minimum absolute atomic E-state index is 0.577. The van der Waals surface area contributed by atoms with Crippen LogP contribution in [0.4, 0.5) is 0 Å². The average Bonchev–Trinajstić information content (AvgIpc) is 1.09. The first-order valence-electron chi connectivity index (χ1n) is 28.3. The molecule has 0 saturated carbocycles. The molecule has 30 aliphatic heterocycles. The van der Waals surface area contributed by atoms with E-state index in [9.17, 15) is 112 Å². The fraction of sp³-hybridized carbons (Fsp3) is 1.00. The molecule has 0 radical (unpaired) electrons. The van der Waals surface area contributed by atoms with Crippen molar-refractivity contribution in [1.29, 1.82) is 0 Å². The van der Waals surface area contributed by atoms with Gasteiger partial charge in [0.05, 0.1) is 39.6 Å². The number of rotatable bonds is 8. The van der Waals surface area contributed by atoms with Gasteiger partial charge in [-0.25, -0.2) is 0 Å². The monoisotopic (exact) mass is 1290 g/mol. The van der Waals surface area contributed by atoms with E-state index < -0.39 is 298 Å². The molecule has 0 spiro atoms. The lowest BCUT2D eigenvalue weighted by atomic mass is 9.94. The van der Waals surface area contributed by atoms with Gasteiger partial charge in [-0.2, -0.15) is 0 Å². The minimum Gasteiger partial charge on any atom is -0.394 e. The molecule has 40 atom stereocenters. The smallest absolute Gasteiger partial charge is 0.187 e. The fourth-order valence-corrected chi connectivity index (χ4v) is 12.0. The second kappa shape index (κ2) is 30.0. The molecule has 512 valence electrons. The summed E-state index contributed by atoms with van der Waals surface area (Å²) in [4.78, 5) is 0. The maximum atomic E-state index is 11.5. The van der Waals surface area contributed by atoms with Crippen molar-refractivity contribution in [1.82, 2.24) is 0 Å². The van der Waals surface area contributed by atoms with Crippen LogP contribution in [0.2, 0.25) is 0 Å². The zero-order valence-corrected chi connectivity index (χ0v) is 46.3. The van der Waals surface area contributed by atoms with Gasteiger partial charge in [-0.05, 0) is 0 Å². The molecular formula is C48H82N2O38. The summed E-state index contributed by atoms with van der Waals surface area (Å²) in [5.41, 5.74) is 11.9. The van der Waals surface area contributed by atoms with Crippen LogP contribution in [0.5, 0.6) is 0 Å². The van der Waals surface area contributed by atoms with E-state index in [1.54, 1.807) is 0 Å². The van der Waals surface area contributed by atoms with Crippen LogP contribution in [0.1, 0.15) is 0 Å². The number of aliphatic hydroxyl groups is 22. The molecule has 26 N–H and O–H groups in total. The molecule has 88 heavy (non-hydrogen) atoms. The van der Waals surface area contributed by atoms with E-state index in [0.29, 0.717) is 0 Å².